The van der Waals surface area contributed by atoms with Crippen LogP contribution in [-0.4, -0.2) is 23.4 Å². The zero-order chi connectivity index (χ0) is 17.2. The Morgan fingerprint density at radius 2 is 1.38 bits per heavy atom. The highest BCUT2D eigenvalue weighted by Crippen LogP contribution is 2.11. The summed E-state index contributed by atoms with van der Waals surface area (Å²) < 4.78 is 4.81. The van der Waals surface area contributed by atoms with E-state index in [9.17, 15) is 9.59 Å². The molecule has 2 rings (SSSR count). The van der Waals surface area contributed by atoms with Gasteiger partial charge in [0.1, 0.15) is 0 Å². The van der Waals surface area contributed by atoms with Crippen LogP contribution in [0.3, 0.4) is 0 Å². The minimum Gasteiger partial charge on any atom is -0.463 e. The van der Waals surface area contributed by atoms with E-state index >= 15 is 0 Å². The summed E-state index contributed by atoms with van der Waals surface area (Å²) in [6, 6.07) is 19.5. The van der Waals surface area contributed by atoms with E-state index in [1.165, 1.54) is 12.2 Å². The van der Waals surface area contributed by atoms with E-state index in [-0.39, 0.29) is 12.5 Å². The van der Waals surface area contributed by atoms with Gasteiger partial charge in [-0.05, 0) is 18.1 Å². The second-order valence-electron chi connectivity index (χ2n) is 5.25. The van der Waals surface area contributed by atoms with Crippen LogP contribution < -0.4 is 0 Å². The van der Waals surface area contributed by atoms with Gasteiger partial charge in [0.2, 0.25) is 5.91 Å². The second kappa shape index (κ2) is 9.30. The van der Waals surface area contributed by atoms with Crippen molar-refractivity contribution in [1.29, 1.82) is 0 Å². The molecule has 0 aliphatic heterocycles. The molecular weight excluding hydrogens is 302 g/mol. The number of ether oxygens (including phenoxy) is 1. The maximum atomic E-state index is 12.5. The van der Waals surface area contributed by atoms with Gasteiger partial charge in [0, 0.05) is 25.2 Å². The van der Waals surface area contributed by atoms with Crippen LogP contribution in [0.2, 0.25) is 0 Å². The van der Waals surface area contributed by atoms with E-state index in [0.717, 1.165) is 11.1 Å². The zero-order valence-electron chi connectivity index (χ0n) is 13.7. The summed E-state index contributed by atoms with van der Waals surface area (Å²) in [7, 11) is 0. The van der Waals surface area contributed by atoms with E-state index in [1.54, 1.807) is 11.8 Å². The molecule has 2 aromatic carbocycles. The van der Waals surface area contributed by atoms with Crippen molar-refractivity contribution in [1.82, 2.24) is 4.90 Å². The van der Waals surface area contributed by atoms with Crippen molar-refractivity contribution in [3.63, 3.8) is 0 Å². The molecule has 24 heavy (non-hydrogen) atoms. The van der Waals surface area contributed by atoms with Crippen molar-refractivity contribution in [2.24, 2.45) is 0 Å². The Morgan fingerprint density at radius 1 is 0.875 bits per heavy atom. The predicted molar refractivity (Wildman–Crippen MR) is 92.9 cm³/mol. The highest BCUT2D eigenvalue weighted by atomic mass is 16.5. The Hall–Kier alpha value is -2.88. The summed E-state index contributed by atoms with van der Waals surface area (Å²) in [5.41, 5.74) is 2.07. The van der Waals surface area contributed by atoms with Gasteiger partial charge >= 0.3 is 5.97 Å². The zero-order valence-corrected chi connectivity index (χ0v) is 13.7. The van der Waals surface area contributed by atoms with Crippen LogP contribution >= 0.6 is 0 Å². The van der Waals surface area contributed by atoms with Crippen molar-refractivity contribution in [2.45, 2.75) is 20.0 Å². The van der Waals surface area contributed by atoms with Crippen molar-refractivity contribution in [2.75, 3.05) is 6.61 Å². The lowest BCUT2D eigenvalue weighted by Gasteiger charge is -2.21. The average Bonchev–Trinajstić information content (AvgIpc) is 2.61. The van der Waals surface area contributed by atoms with Gasteiger partial charge < -0.3 is 9.64 Å². The Bertz CT molecular complexity index is 639. The van der Waals surface area contributed by atoms with Gasteiger partial charge in [0.05, 0.1) is 6.61 Å². The molecule has 4 nitrogen and oxygen atoms in total. The first-order chi connectivity index (χ1) is 11.7. The average molecular weight is 323 g/mol. The monoisotopic (exact) mass is 323 g/mol. The smallest absolute Gasteiger partial charge is 0.330 e. The molecule has 124 valence electrons. The third-order valence-electron chi connectivity index (χ3n) is 3.39. The molecule has 0 fully saturated rings. The van der Waals surface area contributed by atoms with E-state index in [0.29, 0.717) is 13.1 Å². The molecule has 0 radical (unpaired) electrons. The molecule has 1 amide bonds. The van der Waals surface area contributed by atoms with Gasteiger partial charge in [-0.1, -0.05) is 60.7 Å². The largest absolute Gasteiger partial charge is 0.463 e. The Balaban J connectivity index is 2.12. The number of esters is 1. The molecule has 4 heteroatoms. The molecule has 0 bridgehead atoms. The molecule has 2 aromatic rings. The van der Waals surface area contributed by atoms with Crippen molar-refractivity contribution in [3.05, 3.63) is 83.9 Å². The quantitative estimate of drug-likeness (QED) is 0.580. The number of hydrogen-bond acceptors (Lipinski definition) is 3. The molecule has 0 heterocycles. The van der Waals surface area contributed by atoms with Gasteiger partial charge in [-0.2, -0.15) is 0 Å². The highest BCUT2D eigenvalue weighted by Gasteiger charge is 2.12. The van der Waals surface area contributed by atoms with E-state index in [2.05, 4.69) is 0 Å². The number of amides is 1. The van der Waals surface area contributed by atoms with Crippen LogP contribution in [0, 0.1) is 0 Å². The lowest BCUT2D eigenvalue weighted by Crippen LogP contribution is -2.28. The Morgan fingerprint density at radius 3 is 1.83 bits per heavy atom. The summed E-state index contributed by atoms with van der Waals surface area (Å²) in [6.07, 6.45) is 2.44. The molecule has 0 spiro atoms. The molecule has 0 N–H and O–H groups in total. The first-order valence-electron chi connectivity index (χ1n) is 7.90. The highest BCUT2D eigenvalue weighted by molar-refractivity contribution is 5.94. The van der Waals surface area contributed by atoms with Gasteiger partial charge in [-0.3, -0.25) is 4.79 Å². The van der Waals surface area contributed by atoms with Crippen LogP contribution in [-0.2, 0) is 27.4 Å². The van der Waals surface area contributed by atoms with E-state index in [1.807, 2.05) is 60.7 Å². The molecule has 0 unspecified atom stereocenters. The number of nitrogens with zero attached hydrogens (tertiary/aromatic N) is 1. The van der Waals surface area contributed by atoms with E-state index in [4.69, 9.17) is 4.74 Å². The lowest BCUT2D eigenvalue weighted by atomic mass is 10.1. The van der Waals surface area contributed by atoms with Gasteiger partial charge in [-0.15, -0.1) is 0 Å². The van der Waals surface area contributed by atoms with E-state index < -0.39 is 5.97 Å². The van der Waals surface area contributed by atoms with Gasteiger partial charge in [0.15, 0.2) is 0 Å². The fraction of sp³-hybridized carbons (Fsp3) is 0.200. The number of carbonyl (C=O) groups is 2. The molecule has 0 aliphatic carbocycles. The number of carbonyl (C=O) groups excluding carboxylic acids is 2. The molecule has 0 aromatic heterocycles. The molecule has 0 saturated carbocycles. The van der Waals surface area contributed by atoms with Crippen LogP contribution in [0.25, 0.3) is 0 Å². The Labute approximate surface area is 142 Å². The minimum atomic E-state index is -0.509. The number of benzene rings is 2. The van der Waals surface area contributed by atoms with Crippen LogP contribution in [0.4, 0.5) is 0 Å². The van der Waals surface area contributed by atoms with Crippen LogP contribution in [0.1, 0.15) is 18.1 Å². The van der Waals surface area contributed by atoms with Crippen LogP contribution in [0.5, 0.6) is 0 Å². The topological polar surface area (TPSA) is 46.6 Å². The standard InChI is InChI=1S/C20H21NO3/c1-2-24-20(23)14-13-19(22)21(15-17-9-5-3-6-10-17)16-18-11-7-4-8-12-18/h3-14H,2,15-16H2,1H3/b14-13-. The van der Waals surface area contributed by atoms with Gasteiger partial charge in [0.25, 0.3) is 0 Å². The lowest BCUT2D eigenvalue weighted by molar-refractivity contribution is -0.137. The SMILES string of the molecule is CCOC(=O)/C=C\C(=O)N(Cc1ccccc1)Cc1ccccc1. The fourth-order valence-corrected chi connectivity index (χ4v) is 2.25. The summed E-state index contributed by atoms with van der Waals surface area (Å²) in [5, 5.41) is 0. The van der Waals surface area contributed by atoms with Crippen molar-refractivity contribution in [3.8, 4) is 0 Å². The Kier molecular flexibility index (Phi) is 6.77. The maximum absolute atomic E-state index is 12.5. The summed E-state index contributed by atoms with van der Waals surface area (Å²) in [4.78, 5) is 25.6. The first-order valence-corrected chi connectivity index (χ1v) is 7.90. The maximum Gasteiger partial charge on any atom is 0.330 e. The molecule has 0 atom stereocenters. The van der Waals surface area contributed by atoms with Crippen molar-refractivity contribution >= 4 is 11.9 Å². The van der Waals surface area contributed by atoms with Crippen LogP contribution in [0.15, 0.2) is 72.8 Å². The third kappa shape index (κ3) is 5.72. The predicted octanol–water partition coefficient (Wildman–Crippen LogP) is 3.33. The number of hydrogen-bond donors (Lipinski definition) is 0. The molecule has 0 saturated heterocycles. The van der Waals surface area contributed by atoms with Gasteiger partial charge in [-0.25, -0.2) is 4.79 Å². The number of rotatable bonds is 7. The summed E-state index contributed by atoms with van der Waals surface area (Å²) >= 11 is 0. The summed E-state index contributed by atoms with van der Waals surface area (Å²) in [6.45, 7) is 2.96. The normalized spacial score (nSPS) is 10.5. The van der Waals surface area contributed by atoms with Crippen molar-refractivity contribution < 1.29 is 14.3 Å². The second-order valence-corrected chi connectivity index (χ2v) is 5.25. The fourth-order valence-electron chi connectivity index (χ4n) is 2.25. The third-order valence-corrected chi connectivity index (χ3v) is 3.39. The molecular formula is C20H21NO3. The minimum absolute atomic E-state index is 0.226. The first kappa shape index (κ1) is 17.5. The summed E-state index contributed by atoms with van der Waals surface area (Å²) in [5.74, 6) is -0.735. The molecule has 0 aliphatic rings.